The summed E-state index contributed by atoms with van der Waals surface area (Å²) in [6, 6.07) is 10.8. The monoisotopic (exact) mass is 258 g/mol. The van der Waals surface area contributed by atoms with Gasteiger partial charge < -0.3 is 4.74 Å². The first-order valence-electron chi connectivity index (χ1n) is 5.55. The lowest BCUT2D eigenvalue weighted by Gasteiger charge is -2.08. The van der Waals surface area contributed by atoms with E-state index in [2.05, 4.69) is 4.98 Å². The van der Waals surface area contributed by atoms with E-state index in [0.717, 1.165) is 17.0 Å². The van der Waals surface area contributed by atoms with Crippen molar-refractivity contribution in [1.29, 1.82) is 5.26 Å². The van der Waals surface area contributed by atoms with Crippen molar-refractivity contribution in [3.8, 4) is 17.6 Å². The standard InChI is InChI=1S/C14H11ClN2O/c1-2-10-7-12(3-4-14(10)15)18-13-5-6-17-11(8-13)9-16/h3-8H,2H2,1H3. The van der Waals surface area contributed by atoms with E-state index in [0.29, 0.717) is 17.2 Å². The second kappa shape index (κ2) is 5.52. The highest BCUT2D eigenvalue weighted by Crippen LogP contribution is 2.26. The Morgan fingerprint density at radius 3 is 2.78 bits per heavy atom. The second-order valence-electron chi connectivity index (χ2n) is 3.70. The van der Waals surface area contributed by atoms with Gasteiger partial charge in [0.05, 0.1) is 0 Å². The summed E-state index contributed by atoms with van der Waals surface area (Å²) < 4.78 is 5.67. The quantitative estimate of drug-likeness (QED) is 0.837. The van der Waals surface area contributed by atoms with Crippen LogP contribution < -0.4 is 4.74 Å². The molecule has 18 heavy (non-hydrogen) atoms. The fraction of sp³-hybridized carbons (Fsp3) is 0.143. The fourth-order valence-electron chi connectivity index (χ4n) is 1.56. The molecule has 0 aliphatic carbocycles. The molecule has 0 aliphatic heterocycles. The minimum absolute atomic E-state index is 0.331. The van der Waals surface area contributed by atoms with Crippen molar-refractivity contribution >= 4 is 11.6 Å². The molecular formula is C14H11ClN2O. The van der Waals surface area contributed by atoms with E-state index in [1.807, 2.05) is 25.1 Å². The number of nitrogens with zero attached hydrogens (tertiary/aromatic N) is 2. The number of nitriles is 1. The minimum Gasteiger partial charge on any atom is -0.457 e. The van der Waals surface area contributed by atoms with Crippen molar-refractivity contribution in [2.45, 2.75) is 13.3 Å². The molecule has 2 rings (SSSR count). The topological polar surface area (TPSA) is 45.9 Å². The molecule has 3 nitrogen and oxygen atoms in total. The summed E-state index contributed by atoms with van der Waals surface area (Å²) >= 11 is 6.04. The van der Waals surface area contributed by atoms with E-state index < -0.39 is 0 Å². The van der Waals surface area contributed by atoms with Gasteiger partial charge >= 0.3 is 0 Å². The molecule has 0 saturated carbocycles. The van der Waals surface area contributed by atoms with Gasteiger partial charge in [-0.25, -0.2) is 4.98 Å². The Balaban J connectivity index is 2.26. The predicted octanol–water partition coefficient (Wildman–Crippen LogP) is 3.96. The molecule has 0 unspecified atom stereocenters. The molecule has 0 saturated heterocycles. The van der Waals surface area contributed by atoms with Gasteiger partial charge in [0, 0.05) is 17.3 Å². The van der Waals surface area contributed by atoms with E-state index in [-0.39, 0.29) is 0 Å². The first kappa shape index (κ1) is 12.4. The molecule has 0 aliphatic rings. The summed E-state index contributed by atoms with van der Waals surface area (Å²) in [4.78, 5) is 3.89. The molecule has 0 amide bonds. The van der Waals surface area contributed by atoms with Crippen LogP contribution in [0.2, 0.25) is 5.02 Å². The van der Waals surface area contributed by atoms with Gasteiger partial charge in [-0.3, -0.25) is 0 Å². The van der Waals surface area contributed by atoms with Gasteiger partial charge in [0.1, 0.15) is 23.3 Å². The maximum absolute atomic E-state index is 8.76. The first-order valence-corrected chi connectivity index (χ1v) is 5.93. The third-order valence-corrected chi connectivity index (χ3v) is 2.85. The van der Waals surface area contributed by atoms with Gasteiger partial charge in [-0.2, -0.15) is 5.26 Å². The van der Waals surface area contributed by atoms with E-state index in [4.69, 9.17) is 21.6 Å². The maximum atomic E-state index is 8.76. The molecule has 0 fully saturated rings. The Hall–Kier alpha value is -2.05. The van der Waals surface area contributed by atoms with Crippen LogP contribution in [-0.4, -0.2) is 4.98 Å². The normalized spacial score (nSPS) is 9.83. The molecule has 0 N–H and O–H groups in total. The van der Waals surface area contributed by atoms with Gasteiger partial charge in [0.25, 0.3) is 0 Å². The summed E-state index contributed by atoms with van der Waals surface area (Å²) in [7, 11) is 0. The maximum Gasteiger partial charge on any atom is 0.144 e. The smallest absolute Gasteiger partial charge is 0.144 e. The highest BCUT2D eigenvalue weighted by Gasteiger charge is 2.03. The first-order chi connectivity index (χ1) is 8.72. The average Bonchev–Trinajstić information content (AvgIpc) is 2.41. The highest BCUT2D eigenvalue weighted by molar-refractivity contribution is 6.31. The zero-order valence-corrected chi connectivity index (χ0v) is 10.6. The van der Waals surface area contributed by atoms with Crippen LogP contribution in [0.5, 0.6) is 11.5 Å². The fourth-order valence-corrected chi connectivity index (χ4v) is 1.81. The molecule has 1 aromatic carbocycles. The third kappa shape index (κ3) is 2.79. The molecule has 90 valence electrons. The van der Waals surface area contributed by atoms with Crippen LogP contribution in [0.3, 0.4) is 0 Å². The van der Waals surface area contributed by atoms with Crippen molar-refractivity contribution in [1.82, 2.24) is 4.98 Å². The van der Waals surface area contributed by atoms with Crippen LogP contribution in [-0.2, 0) is 6.42 Å². The summed E-state index contributed by atoms with van der Waals surface area (Å²) in [5, 5.41) is 9.49. The van der Waals surface area contributed by atoms with E-state index in [9.17, 15) is 0 Å². The van der Waals surface area contributed by atoms with Crippen LogP contribution in [0.15, 0.2) is 36.5 Å². The number of benzene rings is 1. The van der Waals surface area contributed by atoms with Crippen LogP contribution in [0.1, 0.15) is 18.2 Å². The average molecular weight is 259 g/mol. The molecule has 2 aromatic rings. The number of halogens is 1. The van der Waals surface area contributed by atoms with Crippen molar-refractivity contribution < 1.29 is 4.74 Å². The molecule has 1 aromatic heterocycles. The lowest BCUT2D eigenvalue weighted by atomic mass is 10.1. The molecule has 0 radical (unpaired) electrons. The van der Waals surface area contributed by atoms with Gasteiger partial charge in [-0.1, -0.05) is 18.5 Å². The van der Waals surface area contributed by atoms with Crippen LogP contribution in [0, 0.1) is 11.3 Å². The van der Waals surface area contributed by atoms with Gasteiger partial charge in [-0.15, -0.1) is 0 Å². The van der Waals surface area contributed by atoms with Crippen LogP contribution >= 0.6 is 11.6 Å². The second-order valence-corrected chi connectivity index (χ2v) is 4.10. The van der Waals surface area contributed by atoms with Crippen LogP contribution in [0.4, 0.5) is 0 Å². The predicted molar refractivity (Wildman–Crippen MR) is 69.9 cm³/mol. The van der Waals surface area contributed by atoms with Crippen LogP contribution in [0.25, 0.3) is 0 Å². The molecule has 0 spiro atoms. The zero-order valence-electron chi connectivity index (χ0n) is 9.85. The zero-order chi connectivity index (χ0) is 13.0. The molecule has 0 atom stereocenters. The number of aryl methyl sites for hydroxylation is 1. The Morgan fingerprint density at radius 1 is 1.28 bits per heavy atom. The number of hydrogen-bond acceptors (Lipinski definition) is 3. The highest BCUT2D eigenvalue weighted by atomic mass is 35.5. The van der Waals surface area contributed by atoms with Gasteiger partial charge in [0.2, 0.25) is 0 Å². The minimum atomic E-state index is 0.331. The Bertz CT molecular complexity index is 605. The van der Waals surface area contributed by atoms with Crippen molar-refractivity contribution in [3.05, 3.63) is 52.8 Å². The van der Waals surface area contributed by atoms with E-state index in [1.54, 1.807) is 24.4 Å². The summed E-state index contributed by atoms with van der Waals surface area (Å²) in [5.41, 5.74) is 1.36. The lowest BCUT2D eigenvalue weighted by molar-refractivity contribution is 0.481. The largest absolute Gasteiger partial charge is 0.457 e. The Labute approximate surface area is 111 Å². The Morgan fingerprint density at radius 2 is 2.06 bits per heavy atom. The molecule has 0 bridgehead atoms. The number of rotatable bonds is 3. The third-order valence-electron chi connectivity index (χ3n) is 2.48. The summed E-state index contributed by atoms with van der Waals surface area (Å²) in [6.07, 6.45) is 2.39. The summed E-state index contributed by atoms with van der Waals surface area (Å²) in [6.45, 7) is 2.03. The molecule has 1 heterocycles. The number of hydrogen-bond donors (Lipinski definition) is 0. The molecule has 4 heteroatoms. The number of ether oxygens (including phenoxy) is 1. The van der Waals surface area contributed by atoms with Crippen molar-refractivity contribution in [2.24, 2.45) is 0 Å². The molecular weight excluding hydrogens is 248 g/mol. The van der Waals surface area contributed by atoms with Gasteiger partial charge in [0.15, 0.2) is 0 Å². The number of pyridine rings is 1. The SMILES string of the molecule is CCc1cc(Oc2ccnc(C#N)c2)ccc1Cl. The van der Waals surface area contributed by atoms with Crippen molar-refractivity contribution in [2.75, 3.05) is 0 Å². The van der Waals surface area contributed by atoms with Gasteiger partial charge in [-0.05, 0) is 36.2 Å². The Kier molecular flexibility index (Phi) is 3.81. The van der Waals surface area contributed by atoms with E-state index in [1.165, 1.54) is 0 Å². The summed E-state index contributed by atoms with van der Waals surface area (Å²) in [5.74, 6) is 1.29. The lowest BCUT2D eigenvalue weighted by Crippen LogP contribution is -1.89. The van der Waals surface area contributed by atoms with Crippen molar-refractivity contribution in [3.63, 3.8) is 0 Å². The number of aromatic nitrogens is 1. The van der Waals surface area contributed by atoms with E-state index >= 15 is 0 Å².